The molecule has 0 aliphatic heterocycles. The van der Waals surface area contributed by atoms with Crippen molar-refractivity contribution in [2.45, 2.75) is 13.3 Å². The molecule has 3 N–H and O–H groups in total. The van der Waals surface area contributed by atoms with Crippen LogP contribution in [0.3, 0.4) is 0 Å². The van der Waals surface area contributed by atoms with E-state index in [-0.39, 0.29) is 36.3 Å². The van der Waals surface area contributed by atoms with Gasteiger partial charge in [-0.25, -0.2) is 8.78 Å². The average Bonchev–Trinajstić information content (AvgIpc) is 2.47. The van der Waals surface area contributed by atoms with E-state index in [1.165, 1.54) is 6.07 Å². The van der Waals surface area contributed by atoms with Gasteiger partial charge >= 0.3 is 0 Å². The molecule has 0 unspecified atom stereocenters. The Morgan fingerprint density at radius 2 is 2.05 bits per heavy atom. The van der Waals surface area contributed by atoms with Gasteiger partial charge < -0.3 is 20.5 Å². The first-order valence-electron chi connectivity index (χ1n) is 6.83. The topological polar surface area (TPSA) is 68.9 Å². The van der Waals surface area contributed by atoms with Crippen LogP contribution in [0.4, 0.5) is 8.78 Å². The molecule has 22 heavy (non-hydrogen) atoms. The summed E-state index contributed by atoms with van der Waals surface area (Å²) in [5, 5.41) is 2.86. The van der Waals surface area contributed by atoms with Crippen molar-refractivity contribution in [2.24, 2.45) is 10.7 Å². The van der Waals surface area contributed by atoms with E-state index in [9.17, 15) is 8.78 Å². The van der Waals surface area contributed by atoms with Crippen LogP contribution in [-0.2, 0) is 4.74 Å². The normalized spacial score (nSPS) is 11.0. The van der Waals surface area contributed by atoms with Crippen LogP contribution in [0.1, 0.15) is 13.3 Å². The van der Waals surface area contributed by atoms with Crippen molar-refractivity contribution < 1.29 is 18.3 Å². The third kappa shape index (κ3) is 8.98. The summed E-state index contributed by atoms with van der Waals surface area (Å²) in [6.07, 6.45) is 0.807. The first-order chi connectivity index (χ1) is 10.1. The van der Waals surface area contributed by atoms with Crippen LogP contribution in [0, 0.1) is 11.6 Å². The fourth-order valence-corrected chi connectivity index (χ4v) is 1.48. The van der Waals surface area contributed by atoms with E-state index >= 15 is 0 Å². The highest BCUT2D eigenvalue weighted by molar-refractivity contribution is 14.0. The Bertz CT molecular complexity index is 462. The van der Waals surface area contributed by atoms with Gasteiger partial charge in [0.1, 0.15) is 12.4 Å². The summed E-state index contributed by atoms with van der Waals surface area (Å²) >= 11 is 0. The largest absolute Gasteiger partial charge is 0.492 e. The molecule has 0 aliphatic carbocycles. The molecule has 8 heteroatoms. The molecule has 1 aromatic rings. The van der Waals surface area contributed by atoms with Crippen molar-refractivity contribution in [3.05, 3.63) is 29.8 Å². The molecule has 0 heterocycles. The quantitative estimate of drug-likeness (QED) is 0.274. The highest BCUT2D eigenvalue weighted by Gasteiger charge is 2.02. The van der Waals surface area contributed by atoms with E-state index in [4.69, 9.17) is 15.2 Å². The van der Waals surface area contributed by atoms with E-state index in [1.54, 1.807) is 0 Å². The molecule has 126 valence electrons. The SMILES string of the molecule is CCOCCCN=C(N)NCCOc1ccc(F)c(F)c1.I. The van der Waals surface area contributed by atoms with Crippen molar-refractivity contribution in [1.82, 2.24) is 5.32 Å². The Balaban J connectivity index is 0.00000441. The Hall–Kier alpha value is -1.16. The average molecular weight is 429 g/mol. The van der Waals surface area contributed by atoms with Crippen LogP contribution in [0.2, 0.25) is 0 Å². The second kappa shape index (κ2) is 12.4. The van der Waals surface area contributed by atoms with E-state index in [0.717, 1.165) is 18.6 Å². The molecule has 0 amide bonds. The molecule has 0 aromatic heterocycles. The number of aliphatic imine (C=N–C) groups is 1. The molecule has 1 rings (SSSR count). The molecule has 0 radical (unpaired) electrons. The Labute approximate surface area is 146 Å². The lowest BCUT2D eigenvalue weighted by atomic mass is 10.3. The molecule has 0 atom stereocenters. The zero-order chi connectivity index (χ0) is 15.5. The van der Waals surface area contributed by atoms with Gasteiger partial charge in [0.05, 0.1) is 6.54 Å². The minimum absolute atomic E-state index is 0. The van der Waals surface area contributed by atoms with Gasteiger partial charge in [0, 0.05) is 25.8 Å². The van der Waals surface area contributed by atoms with E-state index in [2.05, 4.69) is 10.3 Å². The Kier molecular flexibility index (Phi) is 11.7. The third-order valence-electron chi connectivity index (χ3n) is 2.50. The first kappa shape index (κ1) is 20.8. The van der Waals surface area contributed by atoms with Gasteiger partial charge in [0.25, 0.3) is 0 Å². The monoisotopic (exact) mass is 429 g/mol. The fourth-order valence-electron chi connectivity index (χ4n) is 1.48. The van der Waals surface area contributed by atoms with Crippen molar-refractivity contribution in [2.75, 3.05) is 32.9 Å². The summed E-state index contributed by atoms with van der Waals surface area (Å²) in [6.45, 7) is 4.56. The smallest absolute Gasteiger partial charge is 0.188 e. The van der Waals surface area contributed by atoms with Crippen LogP contribution in [0.5, 0.6) is 5.75 Å². The summed E-state index contributed by atoms with van der Waals surface area (Å²) in [4.78, 5) is 4.10. The molecule has 0 spiro atoms. The van der Waals surface area contributed by atoms with Gasteiger partial charge in [0.2, 0.25) is 0 Å². The molecule has 0 aliphatic rings. The van der Waals surface area contributed by atoms with Gasteiger partial charge in [-0.15, -0.1) is 24.0 Å². The zero-order valence-corrected chi connectivity index (χ0v) is 14.8. The molecule has 0 fully saturated rings. The molecule has 0 bridgehead atoms. The van der Waals surface area contributed by atoms with Crippen LogP contribution >= 0.6 is 24.0 Å². The van der Waals surface area contributed by atoms with Gasteiger partial charge in [-0.3, -0.25) is 4.99 Å². The summed E-state index contributed by atoms with van der Waals surface area (Å²) in [5.74, 6) is -1.25. The molecule has 0 saturated carbocycles. The number of halogens is 3. The second-order valence-electron chi connectivity index (χ2n) is 4.17. The number of guanidine groups is 1. The number of hydrogen-bond donors (Lipinski definition) is 2. The zero-order valence-electron chi connectivity index (χ0n) is 12.5. The van der Waals surface area contributed by atoms with Crippen molar-refractivity contribution in [1.29, 1.82) is 0 Å². The number of hydrogen-bond acceptors (Lipinski definition) is 3. The standard InChI is InChI=1S/C14H21F2N3O2.HI/c1-2-20-8-3-6-18-14(17)19-7-9-21-11-4-5-12(15)13(16)10-11;/h4-5,10H,2-3,6-9H2,1H3,(H3,17,18,19);1H. The van der Waals surface area contributed by atoms with Crippen LogP contribution in [0.25, 0.3) is 0 Å². The van der Waals surface area contributed by atoms with Gasteiger partial charge in [0.15, 0.2) is 17.6 Å². The Morgan fingerprint density at radius 1 is 1.27 bits per heavy atom. The first-order valence-corrected chi connectivity index (χ1v) is 6.83. The highest BCUT2D eigenvalue weighted by atomic mass is 127. The Morgan fingerprint density at radius 3 is 2.73 bits per heavy atom. The van der Waals surface area contributed by atoms with E-state index < -0.39 is 11.6 Å². The van der Waals surface area contributed by atoms with Gasteiger partial charge in [-0.2, -0.15) is 0 Å². The lowest BCUT2D eigenvalue weighted by molar-refractivity contribution is 0.146. The molecule has 1 aromatic carbocycles. The van der Waals surface area contributed by atoms with Gasteiger partial charge in [-0.1, -0.05) is 0 Å². The molecule has 5 nitrogen and oxygen atoms in total. The lowest BCUT2D eigenvalue weighted by Gasteiger charge is -2.08. The lowest BCUT2D eigenvalue weighted by Crippen LogP contribution is -2.34. The summed E-state index contributed by atoms with van der Waals surface area (Å²) in [5.41, 5.74) is 5.64. The maximum absolute atomic E-state index is 12.9. The fraction of sp³-hybridized carbons (Fsp3) is 0.500. The maximum atomic E-state index is 12.9. The van der Waals surface area contributed by atoms with Crippen molar-refractivity contribution in [3.63, 3.8) is 0 Å². The molecular formula is C14H22F2IN3O2. The number of rotatable bonds is 9. The summed E-state index contributed by atoms with van der Waals surface area (Å²) < 4.78 is 36.1. The van der Waals surface area contributed by atoms with E-state index in [0.29, 0.717) is 32.3 Å². The number of nitrogens with two attached hydrogens (primary N) is 1. The van der Waals surface area contributed by atoms with Crippen molar-refractivity contribution >= 4 is 29.9 Å². The van der Waals surface area contributed by atoms with Crippen molar-refractivity contribution in [3.8, 4) is 5.75 Å². The maximum Gasteiger partial charge on any atom is 0.188 e. The number of nitrogens with one attached hydrogen (secondary N) is 1. The number of benzene rings is 1. The summed E-state index contributed by atoms with van der Waals surface area (Å²) in [6, 6.07) is 3.39. The number of nitrogens with zero attached hydrogens (tertiary/aromatic N) is 1. The predicted molar refractivity (Wildman–Crippen MR) is 92.9 cm³/mol. The summed E-state index contributed by atoms with van der Waals surface area (Å²) in [7, 11) is 0. The van der Waals surface area contributed by atoms with Gasteiger partial charge in [-0.05, 0) is 25.5 Å². The van der Waals surface area contributed by atoms with Crippen LogP contribution < -0.4 is 15.8 Å². The number of ether oxygens (including phenoxy) is 2. The van der Waals surface area contributed by atoms with E-state index in [1.807, 2.05) is 6.92 Å². The predicted octanol–water partition coefficient (Wildman–Crippen LogP) is 2.29. The molecule has 0 saturated heterocycles. The second-order valence-corrected chi connectivity index (χ2v) is 4.17. The minimum Gasteiger partial charge on any atom is -0.492 e. The van der Waals surface area contributed by atoms with Crippen LogP contribution in [0.15, 0.2) is 23.2 Å². The minimum atomic E-state index is -0.934. The third-order valence-corrected chi connectivity index (χ3v) is 2.50. The molecular weight excluding hydrogens is 407 g/mol. The van der Waals surface area contributed by atoms with Crippen LogP contribution in [-0.4, -0.2) is 38.9 Å². The highest BCUT2D eigenvalue weighted by Crippen LogP contribution is 2.14.